The van der Waals surface area contributed by atoms with Crippen molar-refractivity contribution in [1.29, 1.82) is 0 Å². The van der Waals surface area contributed by atoms with E-state index in [4.69, 9.17) is 0 Å². The van der Waals surface area contributed by atoms with Gasteiger partial charge in [-0.25, -0.2) is 19.9 Å². The summed E-state index contributed by atoms with van der Waals surface area (Å²) in [7, 11) is 3.74. The average Bonchev–Trinajstić information content (AvgIpc) is 2.39. The molecule has 0 aliphatic rings. The minimum absolute atomic E-state index is 0.619. The molecule has 6 nitrogen and oxygen atoms in total. The molecule has 2 aromatic rings. The highest BCUT2D eigenvalue weighted by atomic mass is 15.2. The predicted molar refractivity (Wildman–Crippen MR) is 70.5 cm³/mol. The van der Waals surface area contributed by atoms with Crippen LogP contribution in [0.1, 0.15) is 11.3 Å². The van der Waals surface area contributed by atoms with Crippen molar-refractivity contribution < 1.29 is 0 Å². The summed E-state index contributed by atoms with van der Waals surface area (Å²) in [5, 5.41) is 2.89. The Kier molecular flexibility index (Phi) is 3.66. The topological polar surface area (TPSA) is 66.8 Å². The first-order valence-corrected chi connectivity index (χ1v) is 5.68. The van der Waals surface area contributed by atoms with Gasteiger partial charge in [-0.2, -0.15) is 0 Å². The van der Waals surface area contributed by atoms with E-state index in [0.29, 0.717) is 18.4 Å². The molecule has 0 saturated heterocycles. The number of hydrogen-bond acceptors (Lipinski definition) is 6. The summed E-state index contributed by atoms with van der Waals surface area (Å²) in [6.45, 7) is 2.62. The van der Waals surface area contributed by atoms with Crippen LogP contribution in [0.25, 0.3) is 0 Å². The number of aryl methyl sites for hydroxylation is 1. The molecule has 0 fully saturated rings. The van der Waals surface area contributed by atoms with Crippen LogP contribution in [0.4, 0.5) is 11.9 Å². The van der Waals surface area contributed by atoms with E-state index in [-0.39, 0.29) is 0 Å². The Morgan fingerprint density at radius 3 is 2.56 bits per heavy atom. The highest BCUT2D eigenvalue weighted by Crippen LogP contribution is 2.09. The fourth-order valence-electron chi connectivity index (χ4n) is 1.53. The summed E-state index contributed by atoms with van der Waals surface area (Å²) in [5.41, 5.74) is 1.97. The summed E-state index contributed by atoms with van der Waals surface area (Å²) in [5.74, 6) is 1.32. The van der Waals surface area contributed by atoms with Crippen LogP contribution in [0.2, 0.25) is 0 Å². The van der Waals surface area contributed by atoms with Crippen LogP contribution in [0.15, 0.2) is 24.7 Å². The number of nitrogens with one attached hydrogen (secondary N) is 1. The van der Waals surface area contributed by atoms with E-state index in [9.17, 15) is 0 Å². The van der Waals surface area contributed by atoms with E-state index in [2.05, 4.69) is 25.3 Å². The van der Waals surface area contributed by atoms with Crippen molar-refractivity contribution in [3.8, 4) is 0 Å². The van der Waals surface area contributed by atoms with Crippen molar-refractivity contribution in [3.63, 3.8) is 0 Å². The molecular weight excluding hydrogens is 228 g/mol. The first-order valence-electron chi connectivity index (χ1n) is 5.68. The van der Waals surface area contributed by atoms with Gasteiger partial charge in [-0.3, -0.25) is 0 Å². The van der Waals surface area contributed by atoms with Crippen molar-refractivity contribution in [1.82, 2.24) is 19.9 Å². The molecule has 2 rings (SSSR count). The van der Waals surface area contributed by atoms with Gasteiger partial charge in [0.15, 0.2) is 0 Å². The van der Waals surface area contributed by atoms with Crippen LogP contribution in [0, 0.1) is 6.92 Å². The zero-order chi connectivity index (χ0) is 13.0. The van der Waals surface area contributed by atoms with E-state index < -0.39 is 0 Å². The highest BCUT2D eigenvalue weighted by molar-refractivity contribution is 5.31. The molecule has 0 aliphatic carbocycles. The minimum Gasteiger partial charge on any atom is -0.357 e. The van der Waals surface area contributed by atoms with Gasteiger partial charge in [0.25, 0.3) is 0 Å². The molecule has 0 bridgehead atoms. The zero-order valence-electron chi connectivity index (χ0n) is 10.8. The monoisotopic (exact) mass is 244 g/mol. The van der Waals surface area contributed by atoms with Gasteiger partial charge >= 0.3 is 0 Å². The quantitative estimate of drug-likeness (QED) is 0.873. The Morgan fingerprint density at radius 1 is 1.22 bits per heavy atom. The number of anilines is 2. The molecule has 1 N–H and O–H groups in total. The van der Waals surface area contributed by atoms with Gasteiger partial charge in [0.1, 0.15) is 0 Å². The smallest absolute Gasteiger partial charge is 0.225 e. The molecule has 0 saturated carbocycles. The second-order valence-electron chi connectivity index (χ2n) is 4.02. The number of hydrogen-bond donors (Lipinski definition) is 1. The predicted octanol–water partition coefficient (Wildman–Crippen LogP) is 1.25. The van der Waals surface area contributed by atoms with Crippen LogP contribution in [0.5, 0.6) is 0 Å². The summed E-state index contributed by atoms with van der Waals surface area (Å²) >= 11 is 0. The lowest BCUT2D eigenvalue weighted by atomic mass is 10.3. The van der Waals surface area contributed by atoms with Crippen LogP contribution < -0.4 is 10.2 Å². The molecule has 0 amide bonds. The molecular formula is C12H16N6. The van der Waals surface area contributed by atoms with Gasteiger partial charge < -0.3 is 10.2 Å². The third-order valence-corrected chi connectivity index (χ3v) is 2.47. The lowest BCUT2D eigenvalue weighted by molar-refractivity contribution is 0.849. The summed E-state index contributed by atoms with van der Waals surface area (Å²) in [4.78, 5) is 18.9. The van der Waals surface area contributed by atoms with Gasteiger partial charge in [0.05, 0.1) is 0 Å². The van der Waals surface area contributed by atoms with Crippen LogP contribution in [0.3, 0.4) is 0 Å². The third-order valence-electron chi connectivity index (χ3n) is 2.47. The second kappa shape index (κ2) is 5.39. The van der Waals surface area contributed by atoms with Crippen molar-refractivity contribution >= 4 is 11.9 Å². The molecule has 2 aromatic heterocycles. The number of aromatic nitrogens is 4. The number of rotatable bonds is 4. The molecule has 0 atom stereocenters. The summed E-state index contributed by atoms with van der Waals surface area (Å²) in [6, 6.07) is 1.88. The standard InChI is InChI=1S/C12H16N6/c1-9-4-5-14-12(17-9)18(3)8-10-6-15-11(13-2)16-7-10/h4-7H,8H2,1-3H3,(H,13,15,16). The Labute approximate surface area is 106 Å². The maximum absolute atomic E-state index is 4.36. The average molecular weight is 244 g/mol. The lowest BCUT2D eigenvalue weighted by Crippen LogP contribution is -2.19. The van der Waals surface area contributed by atoms with Crippen LogP contribution >= 0.6 is 0 Å². The first-order chi connectivity index (χ1) is 8.69. The fourth-order valence-corrected chi connectivity index (χ4v) is 1.53. The number of nitrogens with zero attached hydrogens (tertiary/aromatic N) is 5. The molecule has 18 heavy (non-hydrogen) atoms. The van der Waals surface area contributed by atoms with Gasteiger partial charge in [-0.1, -0.05) is 0 Å². The second-order valence-corrected chi connectivity index (χ2v) is 4.02. The molecule has 2 heterocycles. The van der Waals surface area contributed by atoms with Crippen LogP contribution in [-0.2, 0) is 6.54 Å². The van der Waals surface area contributed by atoms with E-state index in [1.165, 1.54) is 0 Å². The van der Waals surface area contributed by atoms with Gasteiger partial charge in [0.2, 0.25) is 11.9 Å². The van der Waals surface area contributed by atoms with E-state index in [1.807, 2.05) is 24.9 Å². The Hall–Kier alpha value is -2.24. The molecule has 6 heteroatoms. The van der Waals surface area contributed by atoms with Gasteiger partial charge in [-0.05, 0) is 13.0 Å². The van der Waals surface area contributed by atoms with E-state index in [0.717, 1.165) is 11.3 Å². The molecule has 0 aromatic carbocycles. The van der Waals surface area contributed by atoms with Crippen molar-refractivity contribution in [3.05, 3.63) is 35.9 Å². The lowest BCUT2D eigenvalue weighted by Gasteiger charge is -2.16. The molecule has 0 spiro atoms. The molecule has 0 radical (unpaired) electrons. The highest BCUT2D eigenvalue weighted by Gasteiger charge is 2.05. The Morgan fingerprint density at radius 2 is 1.94 bits per heavy atom. The molecule has 0 unspecified atom stereocenters. The van der Waals surface area contributed by atoms with Gasteiger partial charge in [0, 0.05) is 50.5 Å². The largest absolute Gasteiger partial charge is 0.357 e. The SMILES string of the molecule is CNc1ncc(CN(C)c2nccc(C)n2)cn1. The molecule has 94 valence electrons. The fraction of sp³-hybridized carbons (Fsp3) is 0.333. The Balaban J connectivity index is 2.08. The van der Waals surface area contributed by atoms with Crippen molar-refractivity contribution in [2.75, 3.05) is 24.3 Å². The van der Waals surface area contributed by atoms with Crippen molar-refractivity contribution in [2.24, 2.45) is 0 Å². The summed E-state index contributed by atoms with van der Waals surface area (Å²) < 4.78 is 0. The minimum atomic E-state index is 0.619. The first kappa shape index (κ1) is 12.2. The zero-order valence-corrected chi connectivity index (χ0v) is 10.8. The van der Waals surface area contributed by atoms with E-state index >= 15 is 0 Å². The Bertz CT molecular complexity index is 510. The molecule has 0 aliphatic heterocycles. The normalized spacial score (nSPS) is 10.2. The summed E-state index contributed by atoms with van der Waals surface area (Å²) in [6.07, 6.45) is 5.35. The third kappa shape index (κ3) is 2.91. The van der Waals surface area contributed by atoms with E-state index in [1.54, 1.807) is 25.6 Å². The van der Waals surface area contributed by atoms with Crippen LogP contribution in [-0.4, -0.2) is 34.0 Å². The maximum Gasteiger partial charge on any atom is 0.225 e. The van der Waals surface area contributed by atoms with Gasteiger partial charge in [-0.15, -0.1) is 0 Å². The maximum atomic E-state index is 4.36. The van der Waals surface area contributed by atoms with Crippen molar-refractivity contribution in [2.45, 2.75) is 13.5 Å².